The number of para-hydroxylation sites is 1. The largest absolute Gasteiger partial charge is 0.394 e. The smallest absolute Gasteiger partial charge is 0.253 e. The molecule has 0 saturated carbocycles. The summed E-state index contributed by atoms with van der Waals surface area (Å²) in [6.45, 7) is 6.66. The number of likely N-dealkylation sites (tertiary alicyclic amines) is 1. The van der Waals surface area contributed by atoms with Crippen LogP contribution >= 0.6 is 11.6 Å². The fourth-order valence-corrected chi connectivity index (χ4v) is 8.08. The van der Waals surface area contributed by atoms with Gasteiger partial charge in [-0.25, -0.2) is 0 Å². The molecule has 2 aromatic rings. The van der Waals surface area contributed by atoms with Crippen LogP contribution in [0.5, 0.6) is 0 Å². The van der Waals surface area contributed by atoms with Crippen LogP contribution in [0.4, 0.5) is 5.69 Å². The average Bonchev–Trinajstić information content (AvgIpc) is 3.30. The Kier molecular flexibility index (Phi) is 7.73. The highest BCUT2D eigenvalue weighted by atomic mass is 35.5. The third-order valence-electron chi connectivity index (χ3n) is 9.61. The summed E-state index contributed by atoms with van der Waals surface area (Å²) in [4.78, 5) is 49.1. The van der Waals surface area contributed by atoms with Gasteiger partial charge >= 0.3 is 0 Å². The van der Waals surface area contributed by atoms with Gasteiger partial charge in [0.15, 0.2) is 0 Å². The lowest BCUT2D eigenvalue weighted by Gasteiger charge is -2.41. The number of halogens is 1. The number of rotatable bonds is 7. The molecule has 4 heterocycles. The fourth-order valence-electron chi connectivity index (χ4n) is 7.75. The van der Waals surface area contributed by atoms with E-state index in [-0.39, 0.29) is 24.3 Å². The van der Waals surface area contributed by atoms with Gasteiger partial charge in [0.05, 0.1) is 40.8 Å². The van der Waals surface area contributed by atoms with E-state index in [0.717, 1.165) is 12.0 Å². The van der Waals surface area contributed by atoms with Crippen molar-refractivity contribution in [3.63, 3.8) is 0 Å². The summed E-state index contributed by atoms with van der Waals surface area (Å²) >= 11 is 6.68. The summed E-state index contributed by atoms with van der Waals surface area (Å²) in [6.07, 6.45) is 8.81. The van der Waals surface area contributed by atoms with Gasteiger partial charge in [-0.15, -0.1) is 0 Å². The van der Waals surface area contributed by atoms with Crippen LogP contribution in [-0.4, -0.2) is 76.1 Å². The number of anilines is 1. The van der Waals surface area contributed by atoms with E-state index in [9.17, 15) is 19.5 Å². The standard InChI is InChI=1S/C34H38ClN3O5/c1-4-18-36-19-10-16-33(5-2)26(30(36)40)27-31(41)38(25(21-39)23-13-7-6-8-14-23)29-32(42)37(20-11-17-34(27,29)43-33)28-22(3)12-9-15-24(28)35/h6-17,25-27,29,39H,4-5,18-21H2,1-3H3/t25-,26+,27+,29?,33-,34+/m1/s1. The predicted molar refractivity (Wildman–Crippen MR) is 164 cm³/mol. The lowest BCUT2D eigenvalue weighted by molar-refractivity contribution is -0.152. The summed E-state index contributed by atoms with van der Waals surface area (Å²) in [5.41, 5.74) is -0.428. The molecule has 2 saturated heterocycles. The van der Waals surface area contributed by atoms with Gasteiger partial charge in [-0.2, -0.15) is 0 Å². The summed E-state index contributed by atoms with van der Waals surface area (Å²) in [7, 11) is 0. The quantitative estimate of drug-likeness (QED) is 0.472. The Morgan fingerprint density at radius 1 is 0.953 bits per heavy atom. The molecule has 43 heavy (non-hydrogen) atoms. The topological polar surface area (TPSA) is 90.4 Å². The zero-order valence-electron chi connectivity index (χ0n) is 24.8. The van der Waals surface area contributed by atoms with Crippen LogP contribution < -0.4 is 4.90 Å². The van der Waals surface area contributed by atoms with Crippen molar-refractivity contribution < 1.29 is 24.2 Å². The highest BCUT2D eigenvalue weighted by Crippen LogP contribution is 2.60. The molecular weight excluding hydrogens is 566 g/mol. The molecule has 1 N–H and O–H groups in total. The number of benzene rings is 2. The second kappa shape index (κ2) is 11.2. The van der Waals surface area contributed by atoms with E-state index < -0.39 is 41.7 Å². The monoisotopic (exact) mass is 603 g/mol. The van der Waals surface area contributed by atoms with Crippen LogP contribution in [0.1, 0.15) is 43.9 Å². The lowest BCUT2D eigenvalue weighted by Crippen LogP contribution is -2.57. The summed E-state index contributed by atoms with van der Waals surface area (Å²) in [6, 6.07) is 12.7. The molecule has 4 aliphatic rings. The SMILES string of the molecule is CCCN1CC=C[C@@]2(CC)O[C@]34C=CCN(c5c(C)cccc5Cl)C(=O)C3N([C@H](CO)c3ccccc3)C(=O)[C@@H]4[C@H]2C1=O. The van der Waals surface area contributed by atoms with E-state index in [4.69, 9.17) is 16.3 Å². The van der Waals surface area contributed by atoms with Gasteiger partial charge in [0, 0.05) is 19.6 Å². The molecule has 0 aromatic heterocycles. The first-order valence-electron chi connectivity index (χ1n) is 15.1. The molecule has 226 valence electrons. The molecule has 1 spiro atoms. The maximum Gasteiger partial charge on any atom is 0.253 e. The van der Waals surface area contributed by atoms with Gasteiger partial charge in [0.2, 0.25) is 11.8 Å². The second-order valence-corrected chi connectivity index (χ2v) is 12.3. The molecule has 3 amide bonds. The van der Waals surface area contributed by atoms with Crippen molar-refractivity contribution in [2.24, 2.45) is 11.8 Å². The van der Waals surface area contributed by atoms with Gasteiger partial charge in [-0.3, -0.25) is 14.4 Å². The number of nitrogens with zero attached hydrogens (tertiary/aromatic N) is 3. The number of aliphatic hydroxyl groups is 1. The number of aryl methyl sites for hydroxylation is 1. The van der Waals surface area contributed by atoms with E-state index in [0.29, 0.717) is 35.8 Å². The van der Waals surface area contributed by atoms with E-state index >= 15 is 0 Å². The first-order chi connectivity index (χ1) is 20.7. The number of carbonyl (C=O) groups excluding carboxylic acids is 3. The molecule has 1 unspecified atom stereocenters. The Morgan fingerprint density at radius 3 is 2.37 bits per heavy atom. The molecule has 4 aliphatic heterocycles. The number of aliphatic hydroxyl groups excluding tert-OH is 1. The molecule has 0 aliphatic carbocycles. The predicted octanol–water partition coefficient (Wildman–Crippen LogP) is 4.45. The Morgan fingerprint density at radius 2 is 1.70 bits per heavy atom. The van der Waals surface area contributed by atoms with E-state index in [2.05, 4.69) is 0 Å². The van der Waals surface area contributed by atoms with E-state index in [1.165, 1.54) is 4.90 Å². The molecule has 2 fully saturated rings. The average molecular weight is 604 g/mol. The van der Waals surface area contributed by atoms with Crippen molar-refractivity contribution in [2.75, 3.05) is 31.1 Å². The highest BCUT2D eigenvalue weighted by molar-refractivity contribution is 6.34. The van der Waals surface area contributed by atoms with Crippen LogP contribution in [0.25, 0.3) is 0 Å². The maximum absolute atomic E-state index is 14.9. The molecule has 6 atom stereocenters. The normalized spacial score (nSPS) is 30.7. The van der Waals surface area contributed by atoms with Crippen LogP contribution in [0.2, 0.25) is 5.02 Å². The van der Waals surface area contributed by atoms with Gasteiger partial charge in [0.1, 0.15) is 11.6 Å². The van der Waals surface area contributed by atoms with Gasteiger partial charge in [0.25, 0.3) is 5.91 Å². The minimum Gasteiger partial charge on any atom is -0.394 e. The highest BCUT2D eigenvalue weighted by Gasteiger charge is 2.76. The molecule has 6 rings (SSSR count). The number of amides is 3. The Balaban J connectivity index is 1.57. The first-order valence-corrected chi connectivity index (χ1v) is 15.5. The Labute approximate surface area is 257 Å². The second-order valence-electron chi connectivity index (χ2n) is 11.9. The van der Waals surface area contributed by atoms with Crippen molar-refractivity contribution in [2.45, 2.75) is 56.9 Å². The lowest BCUT2D eigenvalue weighted by atomic mass is 9.73. The van der Waals surface area contributed by atoms with Crippen molar-refractivity contribution in [1.29, 1.82) is 0 Å². The number of ether oxygens (including phenoxy) is 1. The molecular formula is C34H38ClN3O5. The third kappa shape index (κ3) is 4.37. The zero-order valence-corrected chi connectivity index (χ0v) is 25.5. The van der Waals surface area contributed by atoms with Crippen molar-refractivity contribution >= 4 is 35.0 Å². The van der Waals surface area contributed by atoms with Crippen LogP contribution in [-0.2, 0) is 19.1 Å². The number of fused-ring (bicyclic) bond motifs is 2. The van der Waals surface area contributed by atoms with Crippen LogP contribution in [0.3, 0.4) is 0 Å². The molecule has 2 aromatic carbocycles. The maximum atomic E-state index is 14.9. The Hall–Kier alpha value is -3.46. The minimum atomic E-state index is -1.43. The number of hydrogen-bond acceptors (Lipinski definition) is 5. The summed E-state index contributed by atoms with van der Waals surface area (Å²) in [5.74, 6) is -2.67. The van der Waals surface area contributed by atoms with Crippen molar-refractivity contribution in [3.05, 3.63) is 89.0 Å². The van der Waals surface area contributed by atoms with Gasteiger partial charge < -0.3 is 24.5 Å². The van der Waals surface area contributed by atoms with Crippen molar-refractivity contribution in [1.82, 2.24) is 9.80 Å². The number of carbonyl (C=O) groups is 3. The third-order valence-corrected chi connectivity index (χ3v) is 9.91. The summed E-state index contributed by atoms with van der Waals surface area (Å²) < 4.78 is 7.08. The first kappa shape index (κ1) is 29.6. The van der Waals surface area contributed by atoms with E-state index in [1.807, 2.05) is 87.5 Å². The number of hydrogen-bond donors (Lipinski definition) is 1. The fraction of sp³-hybridized carbons (Fsp3) is 0.441. The molecule has 9 heteroatoms. The van der Waals surface area contributed by atoms with Gasteiger partial charge in [-0.1, -0.05) is 92.2 Å². The minimum absolute atomic E-state index is 0.145. The molecule has 8 nitrogen and oxygen atoms in total. The van der Waals surface area contributed by atoms with Gasteiger partial charge in [-0.05, 0) is 37.0 Å². The van der Waals surface area contributed by atoms with Crippen LogP contribution in [0.15, 0.2) is 72.8 Å². The summed E-state index contributed by atoms with van der Waals surface area (Å²) in [5, 5.41) is 11.2. The van der Waals surface area contributed by atoms with Crippen LogP contribution in [0, 0.1) is 18.8 Å². The van der Waals surface area contributed by atoms with E-state index in [1.54, 1.807) is 15.9 Å². The zero-order chi connectivity index (χ0) is 30.5. The Bertz CT molecular complexity index is 1470. The molecule has 0 radical (unpaired) electrons. The van der Waals surface area contributed by atoms with Crippen molar-refractivity contribution in [3.8, 4) is 0 Å². The molecule has 0 bridgehead atoms.